The predicted octanol–water partition coefficient (Wildman–Crippen LogP) is 4.21. The van der Waals surface area contributed by atoms with E-state index in [0.717, 1.165) is 16.5 Å². The van der Waals surface area contributed by atoms with Crippen LogP contribution in [0.1, 0.15) is 35.5 Å². The molecule has 0 saturated carbocycles. The maximum Gasteiger partial charge on any atom is 0.290 e. The van der Waals surface area contributed by atoms with Crippen molar-refractivity contribution < 1.29 is 13.9 Å². The Morgan fingerprint density at radius 3 is 2.65 bits per heavy atom. The summed E-state index contributed by atoms with van der Waals surface area (Å²) >= 11 is 0. The first-order valence-corrected chi connectivity index (χ1v) is 10.7. The molecular weight excluding hydrogens is 390 g/mol. The van der Waals surface area contributed by atoms with Crippen LogP contribution in [0.5, 0.6) is 0 Å². The van der Waals surface area contributed by atoms with Gasteiger partial charge in [0.1, 0.15) is 11.6 Å². The number of ether oxygens (including phenoxy) is 1. The van der Waals surface area contributed by atoms with E-state index in [4.69, 9.17) is 9.15 Å². The highest BCUT2D eigenvalue weighted by molar-refractivity contribution is 5.99. The molecule has 160 valence electrons. The molecule has 1 aliphatic rings. The number of nitrogens with zero attached hydrogens (tertiary/aromatic N) is 3. The summed E-state index contributed by atoms with van der Waals surface area (Å²) in [5.74, 6) is 0.133. The highest BCUT2D eigenvalue weighted by atomic mass is 16.5. The van der Waals surface area contributed by atoms with Crippen molar-refractivity contribution in [3.05, 3.63) is 71.5 Å². The molecule has 1 saturated heterocycles. The molecule has 6 heteroatoms. The van der Waals surface area contributed by atoms with E-state index in [9.17, 15) is 10.1 Å². The number of benzene rings is 2. The van der Waals surface area contributed by atoms with Crippen LogP contribution in [-0.2, 0) is 17.9 Å². The summed E-state index contributed by atoms with van der Waals surface area (Å²) in [5, 5.41) is 10.6. The number of hydrogen-bond donors (Lipinski definition) is 0. The van der Waals surface area contributed by atoms with Gasteiger partial charge >= 0.3 is 0 Å². The summed E-state index contributed by atoms with van der Waals surface area (Å²) in [4.78, 5) is 17.3. The van der Waals surface area contributed by atoms with Gasteiger partial charge in [-0.05, 0) is 25.5 Å². The fourth-order valence-corrected chi connectivity index (χ4v) is 3.94. The van der Waals surface area contributed by atoms with Gasteiger partial charge in [0.05, 0.1) is 25.3 Å². The highest BCUT2D eigenvalue weighted by Crippen LogP contribution is 2.29. The van der Waals surface area contributed by atoms with E-state index in [2.05, 4.69) is 23.1 Å². The zero-order valence-electron chi connectivity index (χ0n) is 18.0. The van der Waals surface area contributed by atoms with Gasteiger partial charge < -0.3 is 14.1 Å². The first-order chi connectivity index (χ1) is 15.1. The fraction of sp³-hybridized carbons (Fsp3) is 0.360. The smallest absolute Gasteiger partial charge is 0.290 e. The maximum absolute atomic E-state index is 13.4. The first-order valence-electron chi connectivity index (χ1n) is 10.7. The number of rotatable bonds is 6. The number of hydrogen-bond acceptors (Lipinski definition) is 5. The van der Waals surface area contributed by atoms with Crippen LogP contribution >= 0.6 is 0 Å². The zero-order chi connectivity index (χ0) is 21.8. The third-order valence-corrected chi connectivity index (χ3v) is 5.61. The van der Waals surface area contributed by atoms with Crippen LogP contribution in [0.3, 0.4) is 0 Å². The van der Waals surface area contributed by atoms with Gasteiger partial charge in [-0.15, -0.1) is 0 Å². The average Bonchev–Trinajstić information content (AvgIpc) is 3.16. The third kappa shape index (κ3) is 4.63. The van der Waals surface area contributed by atoms with Gasteiger partial charge in [0, 0.05) is 30.6 Å². The van der Waals surface area contributed by atoms with E-state index < -0.39 is 0 Å². The summed E-state index contributed by atoms with van der Waals surface area (Å²) in [6, 6.07) is 19.7. The summed E-state index contributed by atoms with van der Waals surface area (Å²) in [5.41, 5.74) is 2.61. The van der Waals surface area contributed by atoms with Crippen molar-refractivity contribution in [1.82, 2.24) is 9.80 Å². The molecule has 31 heavy (non-hydrogen) atoms. The lowest BCUT2D eigenvalue weighted by atomic mass is 10.1. The van der Waals surface area contributed by atoms with Gasteiger partial charge in [-0.25, -0.2) is 0 Å². The monoisotopic (exact) mass is 417 g/mol. The zero-order valence-corrected chi connectivity index (χ0v) is 18.0. The summed E-state index contributed by atoms with van der Waals surface area (Å²) in [6.45, 7) is 6.47. The van der Waals surface area contributed by atoms with Crippen molar-refractivity contribution in [3.63, 3.8) is 0 Å². The lowest BCUT2D eigenvalue weighted by molar-refractivity contribution is 0.0494. The maximum atomic E-state index is 13.4. The molecule has 1 unspecified atom stereocenters. The van der Waals surface area contributed by atoms with E-state index in [-0.39, 0.29) is 18.1 Å². The molecule has 0 bridgehead atoms. The van der Waals surface area contributed by atoms with Crippen LogP contribution in [0.4, 0.5) is 0 Å². The quantitative estimate of drug-likeness (QED) is 0.601. The number of piperazine rings is 1. The number of carbonyl (C=O) groups excluding carboxylic acids is 1. The number of para-hydroxylation sites is 1. The van der Waals surface area contributed by atoms with Gasteiger partial charge in [0.15, 0.2) is 5.76 Å². The van der Waals surface area contributed by atoms with Crippen LogP contribution in [0.25, 0.3) is 11.0 Å². The number of carbonyl (C=O) groups is 1. The molecule has 0 radical (unpaired) electrons. The van der Waals surface area contributed by atoms with Crippen LogP contribution in [0, 0.1) is 11.3 Å². The summed E-state index contributed by atoms with van der Waals surface area (Å²) in [7, 11) is 0. The average molecular weight is 418 g/mol. The standard InChI is InChI=1S/C25H27N3O3/c1-18(2)30-17-22-21-10-6-7-11-23(21)31-24(22)25(29)28-13-12-27(20(14-26)16-28)15-19-8-4-3-5-9-19/h3-11,18,20H,12-13,15-17H2,1-2H3. The van der Waals surface area contributed by atoms with Crippen molar-refractivity contribution >= 4 is 16.9 Å². The van der Waals surface area contributed by atoms with Gasteiger partial charge in [0.25, 0.3) is 5.91 Å². The van der Waals surface area contributed by atoms with Crippen LogP contribution < -0.4 is 0 Å². The molecule has 2 aromatic carbocycles. The molecule has 1 aromatic heterocycles. The molecule has 0 aliphatic carbocycles. The van der Waals surface area contributed by atoms with Gasteiger partial charge in [-0.1, -0.05) is 48.5 Å². The van der Waals surface area contributed by atoms with E-state index in [0.29, 0.717) is 44.1 Å². The van der Waals surface area contributed by atoms with Crippen molar-refractivity contribution in [3.8, 4) is 6.07 Å². The predicted molar refractivity (Wildman–Crippen MR) is 118 cm³/mol. The Hall–Kier alpha value is -3.14. The minimum Gasteiger partial charge on any atom is -0.451 e. The fourth-order valence-electron chi connectivity index (χ4n) is 3.94. The molecule has 3 aromatic rings. The van der Waals surface area contributed by atoms with Crippen molar-refractivity contribution in [2.45, 2.75) is 39.1 Å². The van der Waals surface area contributed by atoms with Crippen molar-refractivity contribution in [1.29, 1.82) is 5.26 Å². The molecule has 4 rings (SSSR count). The molecule has 1 fully saturated rings. The molecule has 6 nitrogen and oxygen atoms in total. The third-order valence-electron chi connectivity index (χ3n) is 5.61. The molecule has 1 aliphatic heterocycles. The topological polar surface area (TPSA) is 69.7 Å². The van der Waals surface area contributed by atoms with E-state index >= 15 is 0 Å². The Morgan fingerprint density at radius 1 is 1.16 bits per heavy atom. The Bertz CT molecular complexity index is 1080. The Morgan fingerprint density at radius 2 is 1.90 bits per heavy atom. The Kier molecular flexibility index (Phi) is 6.36. The van der Waals surface area contributed by atoms with Crippen LogP contribution in [0.15, 0.2) is 59.0 Å². The number of nitriles is 1. The van der Waals surface area contributed by atoms with E-state index in [1.54, 1.807) is 4.90 Å². The molecular formula is C25H27N3O3. The minimum atomic E-state index is -0.363. The molecule has 0 N–H and O–H groups in total. The second kappa shape index (κ2) is 9.34. The molecule has 2 heterocycles. The minimum absolute atomic E-state index is 0.0427. The Balaban J connectivity index is 1.54. The highest BCUT2D eigenvalue weighted by Gasteiger charge is 2.33. The van der Waals surface area contributed by atoms with Gasteiger partial charge in [-0.2, -0.15) is 5.26 Å². The van der Waals surface area contributed by atoms with E-state index in [1.165, 1.54) is 0 Å². The Labute approximate surface area is 182 Å². The lowest BCUT2D eigenvalue weighted by Crippen LogP contribution is -2.53. The SMILES string of the molecule is CC(C)OCc1c(C(=O)N2CCN(Cc3ccccc3)C(C#N)C2)oc2ccccc12. The number of furan rings is 1. The van der Waals surface area contributed by atoms with Crippen LogP contribution in [-0.4, -0.2) is 47.5 Å². The molecule has 1 atom stereocenters. The van der Waals surface area contributed by atoms with Crippen LogP contribution in [0.2, 0.25) is 0 Å². The second-order valence-electron chi connectivity index (χ2n) is 8.12. The van der Waals surface area contributed by atoms with E-state index in [1.807, 2.05) is 56.3 Å². The number of amides is 1. The second-order valence-corrected chi connectivity index (χ2v) is 8.12. The number of fused-ring (bicyclic) bond motifs is 1. The lowest BCUT2D eigenvalue weighted by Gasteiger charge is -2.38. The van der Waals surface area contributed by atoms with Gasteiger partial charge in [0.2, 0.25) is 0 Å². The largest absolute Gasteiger partial charge is 0.451 e. The normalized spacial score (nSPS) is 17.2. The summed E-state index contributed by atoms with van der Waals surface area (Å²) < 4.78 is 11.8. The first kappa shape index (κ1) is 21.1. The molecule has 1 amide bonds. The summed E-state index contributed by atoms with van der Waals surface area (Å²) in [6.07, 6.45) is 0.0427. The van der Waals surface area contributed by atoms with Crippen molar-refractivity contribution in [2.75, 3.05) is 19.6 Å². The van der Waals surface area contributed by atoms with Gasteiger partial charge in [-0.3, -0.25) is 9.69 Å². The molecule has 0 spiro atoms. The van der Waals surface area contributed by atoms with Crippen molar-refractivity contribution in [2.24, 2.45) is 0 Å².